The minimum absolute atomic E-state index is 0.819. The molecule has 6 aromatic rings. The second-order valence-corrected chi connectivity index (χ2v) is 15.4. The molecule has 0 atom stereocenters. The molecule has 0 bridgehead atoms. The van der Waals surface area contributed by atoms with Crippen LogP contribution in [0.4, 0.5) is 0 Å². The van der Waals surface area contributed by atoms with E-state index in [1.807, 2.05) is 99.3 Å². The molecule has 6 aromatic heterocycles. The molecule has 4 aliphatic heterocycles. The summed E-state index contributed by atoms with van der Waals surface area (Å²) < 4.78 is 10.2. The number of aryl methyl sites for hydroxylation is 3. The van der Waals surface area contributed by atoms with Gasteiger partial charge in [-0.1, -0.05) is 0 Å². The number of halogens is 4. The van der Waals surface area contributed by atoms with E-state index in [-0.39, 0.29) is 0 Å². The first-order valence-electron chi connectivity index (χ1n) is 15.2. The Morgan fingerprint density at radius 3 is 2.10 bits per heavy atom. The molecule has 0 amide bonds. The molecule has 10 heterocycles. The molecule has 0 spiro atoms. The van der Waals surface area contributed by atoms with E-state index in [0.717, 1.165) is 48.5 Å². The highest BCUT2D eigenvalue weighted by Gasteiger charge is 2.11. The Kier molecular flexibility index (Phi) is 12.9. The Morgan fingerprint density at radius 1 is 0.635 bits per heavy atom. The fourth-order valence-electron chi connectivity index (χ4n) is 4.71. The first-order chi connectivity index (χ1) is 25.2. The standard InChI is InChI=1S/3C7H6IN3.C6H4IN3.C6H5N3/c1-11-3-2-5-6(8)4-9-7(5)10-11;1-11-7-5(2-3-10-11)6(8)4-9-7;1-11-4-6(8)5-2-3-9-10-7(5)11;7-5-3-8-6-4(5)1-2-9-10-6;1-3-7-6-5(1)2-4-8-9-6/h3*2-4H,1H3;1-3H,(H,8,10);1-4H,(H,7,9). The van der Waals surface area contributed by atoms with Crippen molar-refractivity contribution in [3.05, 3.63) is 113 Å². The van der Waals surface area contributed by atoms with Gasteiger partial charge >= 0.3 is 0 Å². The number of nitrogens with one attached hydrogen (secondary N) is 2. The summed E-state index contributed by atoms with van der Waals surface area (Å²) in [4.78, 5) is 14.3. The average Bonchev–Trinajstić information content (AvgIpc) is 4.00. The number of nitrogens with zero attached hydrogens (tertiary/aromatic N) is 13. The van der Waals surface area contributed by atoms with Crippen molar-refractivity contribution >= 4 is 123 Å². The lowest BCUT2D eigenvalue weighted by Crippen LogP contribution is -2.00. The molecule has 0 saturated heterocycles. The third kappa shape index (κ3) is 9.14. The molecule has 0 unspecified atom stereocenters. The van der Waals surface area contributed by atoms with E-state index in [2.05, 4.69) is 151 Å². The van der Waals surface area contributed by atoms with Crippen molar-refractivity contribution in [2.24, 2.45) is 21.1 Å². The summed E-state index contributed by atoms with van der Waals surface area (Å²) >= 11 is 9.06. The highest BCUT2D eigenvalue weighted by molar-refractivity contribution is 14.1. The molecule has 0 radical (unpaired) electrons. The van der Waals surface area contributed by atoms with E-state index in [4.69, 9.17) is 0 Å². The first-order valence-corrected chi connectivity index (χ1v) is 19.5. The topological polar surface area (TPSA) is 175 Å². The average molecular weight is 1140 g/mol. The maximum Gasteiger partial charge on any atom is 0.180 e. The Bertz CT molecular complexity index is 2540. The van der Waals surface area contributed by atoms with E-state index >= 15 is 0 Å². The normalized spacial score (nSPS) is 10.6. The summed E-state index contributed by atoms with van der Waals surface area (Å²) in [6.45, 7) is 0. The van der Waals surface area contributed by atoms with Crippen LogP contribution in [0, 0.1) is 14.3 Å². The molecule has 262 valence electrons. The molecule has 0 fully saturated rings. The summed E-state index contributed by atoms with van der Waals surface area (Å²) in [5.74, 6) is 1.76. The van der Waals surface area contributed by atoms with Crippen LogP contribution in [0.2, 0.25) is 0 Å². The summed E-state index contributed by atoms with van der Waals surface area (Å²) in [7, 11) is 5.76. The van der Waals surface area contributed by atoms with Crippen LogP contribution in [0.15, 0.2) is 98.4 Å². The van der Waals surface area contributed by atoms with E-state index < -0.39 is 0 Å². The smallest absolute Gasteiger partial charge is 0.180 e. The highest BCUT2D eigenvalue weighted by atomic mass is 127. The minimum Gasteiger partial charge on any atom is -0.345 e. The van der Waals surface area contributed by atoms with Crippen molar-refractivity contribution in [2.75, 3.05) is 0 Å². The van der Waals surface area contributed by atoms with E-state index in [9.17, 15) is 0 Å². The number of hydrogen-bond donors (Lipinski definition) is 2. The lowest BCUT2D eigenvalue weighted by Gasteiger charge is -2.02. The molecule has 15 nitrogen and oxygen atoms in total. The molecule has 0 aliphatic carbocycles. The van der Waals surface area contributed by atoms with Gasteiger partial charge in [-0.2, -0.15) is 25.5 Å². The number of fused-ring (bicyclic) bond motifs is 5. The van der Waals surface area contributed by atoms with Crippen LogP contribution >= 0.6 is 90.4 Å². The van der Waals surface area contributed by atoms with Gasteiger partial charge in [-0.25, -0.2) is 9.97 Å². The number of hydrogen-bond acceptors (Lipinski definition) is 10. The van der Waals surface area contributed by atoms with Crippen molar-refractivity contribution in [1.82, 2.24) is 74.7 Å². The van der Waals surface area contributed by atoms with E-state index in [1.54, 1.807) is 34.2 Å². The van der Waals surface area contributed by atoms with Crippen LogP contribution in [-0.4, -0.2) is 74.7 Å². The van der Waals surface area contributed by atoms with Crippen LogP contribution in [0.5, 0.6) is 0 Å². The number of aromatic nitrogens is 15. The third-order valence-electron chi connectivity index (χ3n) is 7.24. The maximum absolute atomic E-state index is 4.21. The maximum atomic E-state index is 4.21. The van der Waals surface area contributed by atoms with Gasteiger partial charge in [-0.05, 0) is 127 Å². The van der Waals surface area contributed by atoms with Crippen LogP contribution in [-0.2, 0) is 21.1 Å². The van der Waals surface area contributed by atoms with Crippen LogP contribution in [0.1, 0.15) is 0 Å². The fraction of sp³-hybridized carbons (Fsp3) is 0.0909. The summed E-state index contributed by atoms with van der Waals surface area (Å²) in [5.41, 5.74) is 4.94. The Hall–Kier alpha value is -3.98. The fourth-order valence-corrected chi connectivity index (χ4v) is 7.26. The zero-order valence-corrected chi connectivity index (χ0v) is 36.2. The van der Waals surface area contributed by atoms with Crippen LogP contribution in [0.25, 0.3) is 55.9 Å². The second kappa shape index (κ2) is 17.7. The molecular formula is C33H27I4N15. The zero-order chi connectivity index (χ0) is 36.6. The van der Waals surface area contributed by atoms with E-state index in [1.165, 1.54) is 21.7 Å². The van der Waals surface area contributed by atoms with Crippen molar-refractivity contribution < 1.29 is 0 Å². The van der Waals surface area contributed by atoms with Gasteiger partial charge in [-0.15, -0.1) is 15.3 Å². The van der Waals surface area contributed by atoms with Crippen LogP contribution < -0.4 is 0 Å². The molecule has 4 aliphatic rings. The van der Waals surface area contributed by atoms with Gasteiger partial charge in [0.2, 0.25) is 0 Å². The summed E-state index contributed by atoms with van der Waals surface area (Å²) in [6, 6.07) is 11.8. The van der Waals surface area contributed by atoms with Crippen molar-refractivity contribution in [3.63, 3.8) is 0 Å². The van der Waals surface area contributed by atoms with Gasteiger partial charge in [0.05, 0.1) is 18.6 Å². The monoisotopic (exact) mass is 1140 g/mol. The van der Waals surface area contributed by atoms with Crippen LogP contribution in [0.3, 0.4) is 0 Å². The number of aromatic amines is 2. The number of H-pyrrole nitrogens is 2. The molecule has 0 aromatic carbocycles. The van der Waals surface area contributed by atoms with Gasteiger partial charge in [0.15, 0.2) is 28.6 Å². The predicted molar refractivity (Wildman–Crippen MR) is 232 cm³/mol. The Morgan fingerprint density at radius 2 is 1.35 bits per heavy atom. The molecule has 2 N–H and O–H groups in total. The zero-order valence-electron chi connectivity index (χ0n) is 27.6. The van der Waals surface area contributed by atoms with Crippen molar-refractivity contribution in [1.29, 1.82) is 0 Å². The van der Waals surface area contributed by atoms with Crippen molar-refractivity contribution in [3.8, 4) is 22.8 Å². The predicted octanol–water partition coefficient (Wildman–Crippen LogP) is 7.14. The third-order valence-corrected chi connectivity index (χ3v) is 10.7. The highest BCUT2D eigenvalue weighted by Crippen LogP contribution is 2.24. The summed E-state index contributed by atoms with van der Waals surface area (Å²) in [6.07, 6.45) is 18.3. The second-order valence-electron chi connectivity index (χ2n) is 10.7. The Balaban J connectivity index is 0.000000112. The van der Waals surface area contributed by atoms with Gasteiger partial charge < -0.3 is 14.5 Å². The SMILES string of the molecule is Cn1cc(I)c2ccnnc21.Cn1ccc2c(I)cnc-2n1.Cn1nccc2c(I)cnc1-2.Ic1c[nH]c2nnccc12.c1cc2cc[nH]c2nn1. The van der Waals surface area contributed by atoms with E-state index in [0.29, 0.717) is 0 Å². The minimum atomic E-state index is 0.819. The molecule has 52 heavy (non-hydrogen) atoms. The van der Waals surface area contributed by atoms with Gasteiger partial charge in [0.1, 0.15) is 0 Å². The molecule has 10 rings (SSSR count). The number of rotatable bonds is 0. The van der Waals surface area contributed by atoms with Gasteiger partial charge in [0, 0.05) is 106 Å². The largest absolute Gasteiger partial charge is 0.345 e. The Labute approximate surface area is 351 Å². The molecule has 0 saturated carbocycles. The summed E-state index contributed by atoms with van der Waals surface area (Å²) in [5, 5.41) is 34.7. The first kappa shape index (κ1) is 37.8. The lowest BCUT2D eigenvalue weighted by molar-refractivity contribution is 0.734. The quantitative estimate of drug-likeness (QED) is 0.149. The molecule has 19 heteroatoms. The van der Waals surface area contributed by atoms with Gasteiger partial charge in [0.25, 0.3) is 0 Å². The molecular weight excluding hydrogens is 1110 g/mol. The lowest BCUT2D eigenvalue weighted by atomic mass is 10.3. The van der Waals surface area contributed by atoms with Crippen molar-refractivity contribution in [2.45, 2.75) is 0 Å². The van der Waals surface area contributed by atoms with Gasteiger partial charge in [-0.3, -0.25) is 9.36 Å².